The maximum Gasteiger partial charge on any atom is 0.181 e. The van der Waals surface area contributed by atoms with Crippen LogP contribution in [0.2, 0.25) is 0 Å². The van der Waals surface area contributed by atoms with Crippen molar-refractivity contribution in [1.82, 2.24) is 14.4 Å². The van der Waals surface area contributed by atoms with Gasteiger partial charge in [-0.25, -0.2) is 9.97 Å². The number of halogens is 1. The fourth-order valence-corrected chi connectivity index (χ4v) is 2.57. The Morgan fingerprint density at radius 3 is 3.00 bits per heavy atom. The minimum atomic E-state index is 0.414. The summed E-state index contributed by atoms with van der Waals surface area (Å²) < 4.78 is 2.75. The number of hydrogen-bond acceptors (Lipinski definition) is 4. The molecule has 2 aromatic rings. The maximum atomic E-state index is 5.85. The van der Waals surface area contributed by atoms with Gasteiger partial charge in [-0.2, -0.15) is 0 Å². The van der Waals surface area contributed by atoms with Gasteiger partial charge in [-0.15, -0.1) is 0 Å². The first-order valence-corrected chi connectivity index (χ1v) is 7.23. The smallest absolute Gasteiger partial charge is 0.181 e. The van der Waals surface area contributed by atoms with E-state index in [1.807, 2.05) is 10.6 Å². The minimum absolute atomic E-state index is 0.414. The zero-order valence-electron chi connectivity index (χ0n) is 11.0. The number of fused-ring (bicyclic) bond motifs is 1. The van der Waals surface area contributed by atoms with Gasteiger partial charge in [-0.3, -0.25) is 9.39 Å². The quantitative estimate of drug-likeness (QED) is 0.938. The molecular weight excluding hydrogens is 318 g/mol. The Labute approximate surface area is 125 Å². The number of aromatic nitrogens is 3. The van der Waals surface area contributed by atoms with Crippen LogP contribution in [0.15, 0.2) is 39.8 Å². The summed E-state index contributed by atoms with van der Waals surface area (Å²) in [6.07, 6.45) is 11.7. The lowest BCUT2D eigenvalue weighted by molar-refractivity contribution is 0.951. The molecule has 5 nitrogen and oxygen atoms in total. The number of allylic oxidation sites excluding steroid dienone is 3. The first kappa shape index (κ1) is 13.1. The predicted octanol–water partition coefficient (Wildman–Crippen LogP) is 3.23. The van der Waals surface area contributed by atoms with Crippen LogP contribution in [0.1, 0.15) is 25.5 Å². The second-order valence-electron chi connectivity index (χ2n) is 4.54. The Hall–Kier alpha value is -1.95. The summed E-state index contributed by atoms with van der Waals surface area (Å²) in [4.78, 5) is 12.8. The van der Waals surface area contributed by atoms with E-state index in [0.29, 0.717) is 11.5 Å². The number of anilines is 1. The molecule has 102 valence electrons. The van der Waals surface area contributed by atoms with E-state index >= 15 is 0 Å². The number of imidazole rings is 1. The van der Waals surface area contributed by atoms with E-state index in [2.05, 4.69) is 50.0 Å². The average molecular weight is 332 g/mol. The lowest BCUT2D eigenvalue weighted by Crippen LogP contribution is -2.00. The normalized spacial score (nSPS) is 16.3. The monoisotopic (exact) mass is 331 g/mol. The highest BCUT2D eigenvalue weighted by Crippen LogP contribution is 2.26. The van der Waals surface area contributed by atoms with Gasteiger partial charge in [0.2, 0.25) is 0 Å². The molecule has 0 atom stereocenters. The van der Waals surface area contributed by atoms with Crippen LogP contribution in [0, 0.1) is 0 Å². The molecule has 0 unspecified atom stereocenters. The summed E-state index contributed by atoms with van der Waals surface area (Å²) in [5, 5.41) is 0. The number of nitrogens with zero attached hydrogens (tertiary/aromatic N) is 4. The summed E-state index contributed by atoms with van der Waals surface area (Å²) in [6, 6.07) is 0. The highest BCUT2D eigenvalue weighted by Gasteiger charge is 2.15. The molecule has 0 fully saturated rings. The molecule has 0 amide bonds. The molecule has 0 aliphatic carbocycles. The molecule has 6 heteroatoms. The standard InChI is InChI=1S/C14H14BrN5/c1-2-3-4-10-5-9(6-17-10)11-7-19-14-13(16)18-8-12(15)20(11)14/h4-8H,2-3H2,1H3,(H2,16,18)/b10-4+. The topological polar surface area (TPSA) is 68.6 Å². The molecule has 0 aromatic carbocycles. The lowest BCUT2D eigenvalue weighted by Gasteiger charge is -2.04. The van der Waals surface area contributed by atoms with Gasteiger partial charge >= 0.3 is 0 Å². The van der Waals surface area contributed by atoms with Crippen LogP contribution in [-0.2, 0) is 0 Å². The summed E-state index contributed by atoms with van der Waals surface area (Å²) in [6.45, 7) is 2.15. The van der Waals surface area contributed by atoms with Crippen molar-refractivity contribution in [3.8, 4) is 0 Å². The van der Waals surface area contributed by atoms with Gasteiger partial charge in [0.1, 0.15) is 4.60 Å². The van der Waals surface area contributed by atoms with Crippen LogP contribution >= 0.6 is 15.9 Å². The molecule has 2 N–H and O–H groups in total. The van der Waals surface area contributed by atoms with Crippen molar-refractivity contribution in [1.29, 1.82) is 0 Å². The highest BCUT2D eigenvalue weighted by molar-refractivity contribution is 9.10. The SMILES string of the molecule is CCC/C=C1\C=C(c2cnc3c(N)ncc(Br)n23)C=N1. The van der Waals surface area contributed by atoms with Crippen molar-refractivity contribution in [2.45, 2.75) is 19.8 Å². The number of nitrogens with two attached hydrogens (primary N) is 1. The molecule has 0 saturated heterocycles. The van der Waals surface area contributed by atoms with Crippen LogP contribution in [0.25, 0.3) is 11.2 Å². The van der Waals surface area contributed by atoms with Crippen molar-refractivity contribution in [2.75, 3.05) is 5.73 Å². The molecule has 0 bridgehead atoms. The largest absolute Gasteiger partial charge is 0.381 e. The van der Waals surface area contributed by atoms with E-state index in [0.717, 1.165) is 34.4 Å². The maximum absolute atomic E-state index is 5.85. The molecule has 3 heterocycles. The van der Waals surface area contributed by atoms with Gasteiger partial charge in [0.15, 0.2) is 11.5 Å². The molecule has 20 heavy (non-hydrogen) atoms. The fourth-order valence-electron chi connectivity index (χ4n) is 2.11. The Morgan fingerprint density at radius 1 is 1.35 bits per heavy atom. The van der Waals surface area contributed by atoms with Crippen molar-refractivity contribution in [2.24, 2.45) is 4.99 Å². The molecule has 1 aliphatic heterocycles. The van der Waals surface area contributed by atoms with Crippen molar-refractivity contribution in [3.63, 3.8) is 0 Å². The predicted molar refractivity (Wildman–Crippen MR) is 84.6 cm³/mol. The zero-order chi connectivity index (χ0) is 14.1. The van der Waals surface area contributed by atoms with Crippen LogP contribution in [-0.4, -0.2) is 20.6 Å². The third-order valence-corrected chi connectivity index (χ3v) is 3.67. The Kier molecular flexibility index (Phi) is 3.40. The number of rotatable bonds is 3. The van der Waals surface area contributed by atoms with Crippen molar-refractivity contribution in [3.05, 3.63) is 40.5 Å². The third-order valence-electron chi connectivity index (χ3n) is 3.11. The first-order chi connectivity index (χ1) is 9.70. The lowest BCUT2D eigenvalue weighted by atomic mass is 10.2. The number of hydrogen-bond donors (Lipinski definition) is 1. The van der Waals surface area contributed by atoms with E-state index in [1.54, 1.807) is 12.4 Å². The second kappa shape index (κ2) is 5.20. The van der Waals surface area contributed by atoms with Crippen molar-refractivity contribution >= 4 is 39.2 Å². The Bertz CT molecular complexity index is 754. The van der Waals surface area contributed by atoms with E-state index in [-0.39, 0.29) is 0 Å². The van der Waals surface area contributed by atoms with Gasteiger partial charge in [0, 0.05) is 11.8 Å². The molecular formula is C14H14BrN5. The van der Waals surface area contributed by atoms with E-state index < -0.39 is 0 Å². The molecule has 0 radical (unpaired) electrons. The van der Waals surface area contributed by atoms with Gasteiger partial charge in [-0.1, -0.05) is 19.4 Å². The fraction of sp³-hybridized carbons (Fsp3) is 0.214. The number of nitrogen functional groups attached to an aromatic ring is 1. The van der Waals surface area contributed by atoms with Crippen LogP contribution in [0.5, 0.6) is 0 Å². The van der Waals surface area contributed by atoms with E-state index in [1.165, 1.54) is 0 Å². The van der Waals surface area contributed by atoms with Crippen molar-refractivity contribution < 1.29 is 0 Å². The summed E-state index contributed by atoms with van der Waals surface area (Å²) in [7, 11) is 0. The summed E-state index contributed by atoms with van der Waals surface area (Å²) in [5.74, 6) is 0.414. The van der Waals surface area contributed by atoms with Gasteiger partial charge in [0.05, 0.1) is 23.8 Å². The minimum Gasteiger partial charge on any atom is -0.381 e. The Morgan fingerprint density at radius 2 is 2.20 bits per heavy atom. The molecule has 3 rings (SSSR count). The van der Waals surface area contributed by atoms with Gasteiger partial charge < -0.3 is 5.73 Å². The highest BCUT2D eigenvalue weighted by atomic mass is 79.9. The molecule has 0 spiro atoms. The average Bonchev–Trinajstić information content (AvgIpc) is 3.07. The third kappa shape index (κ3) is 2.16. The van der Waals surface area contributed by atoms with Gasteiger partial charge in [-0.05, 0) is 28.4 Å². The number of unbranched alkanes of at least 4 members (excludes halogenated alkanes) is 1. The molecule has 1 aliphatic rings. The van der Waals surface area contributed by atoms with Crippen LogP contribution in [0.3, 0.4) is 0 Å². The Balaban J connectivity index is 2.09. The second-order valence-corrected chi connectivity index (χ2v) is 5.36. The van der Waals surface area contributed by atoms with Gasteiger partial charge in [0.25, 0.3) is 0 Å². The van der Waals surface area contributed by atoms with E-state index in [4.69, 9.17) is 5.73 Å². The summed E-state index contributed by atoms with van der Waals surface area (Å²) >= 11 is 3.48. The summed E-state index contributed by atoms with van der Waals surface area (Å²) in [5.41, 5.74) is 9.46. The van der Waals surface area contributed by atoms with Crippen LogP contribution in [0.4, 0.5) is 5.82 Å². The first-order valence-electron chi connectivity index (χ1n) is 6.44. The molecule has 2 aromatic heterocycles. The van der Waals surface area contributed by atoms with E-state index in [9.17, 15) is 0 Å². The van der Waals surface area contributed by atoms with Crippen LogP contribution < -0.4 is 5.73 Å². The number of aliphatic imine (C=N–C) groups is 1. The zero-order valence-corrected chi connectivity index (χ0v) is 12.6. The molecule has 0 saturated carbocycles.